The minimum absolute atomic E-state index is 0.119. The maximum atomic E-state index is 12.3. The average Bonchev–Trinajstić information content (AvgIpc) is 2.70. The quantitative estimate of drug-likeness (QED) is 0.221. The lowest BCUT2D eigenvalue weighted by Gasteiger charge is -2.00. The number of aliphatic imine (C=N–C) groups is 1. The summed E-state index contributed by atoms with van der Waals surface area (Å²) >= 11 is 23.8. The third-order valence-corrected chi connectivity index (χ3v) is 5.31. The highest BCUT2D eigenvalue weighted by Gasteiger charge is 2.03. The van der Waals surface area contributed by atoms with Gasteiger partial charge in [-0.05, 0) is 65.7 Å². The number of ketones is 1. The SMILES string of the molecule is O=C(C=Cc1ccc(Cl)c(Cl)c1)c1ccc(N=Cc2ccc(Cl)c(Cl)c2)cc1. The largest absolute Gasteiger partial charge is 0.289 e. The first-order valence-corrected chi connectivity index (χ1v) is 9.70. The van der Waals surface area contributed by atoms with Crippen LogP contribution in [0.5, 0.6) is 0 Å². The molecule has 2 nitrogen and oxygen atoms in total. The molecule has 0 spiro atoms. The lowest BCUT2D eigenvalue weighted by atomic mass is 10.1. The van der Waals surface area contributed by atoms with Gasteiger partial charge in [-0.15, -0.1) is 0 Å². The van der Waals surface area contributed by atoms with Crippen LogP contribution in [0.4, 0.5) is 5.69 Å². The Morgan fingerprint density at radius 2 is 1.29 bits per heavy atom. The van der Waals surface area contributed by atoms with Gasteiger partial charge in [0.05, 0.1) is 25.8 Å². The molecule has 0 heterocycles. The zero-order valence-electron chi connectivity index (χ0n) is 14.4. The van der Waals surface area contributed by atoms with Crippen molar-refractivity contribution in [2.45, 2.75) is 0 Å². The van der Waals surface area contributed by atoms with Crippen molar-refractivity contribution in [1.82, 2.24) is 0 Å². The van der Waals surface area contributed by atoms with E-state index in [4.69, 9.17) is 46.4 Å². The number of halogens is 4. The van der Waals surface area contributed by atoms with Crippen molar-refractivity contribution in [2.24, 2.45) is 4.99 Å². The third kappa shape index (κ3) is 5.46. The van der Waals surface area contributed by atoms with Crippen molar-refractivity contribution in [3.63, 3.8) is 0 Å². The molecule has 0 fully saturated rings. The lowest BCUT2D eigenvalue weighted by molar-refractivity contribution is 0.104. The van der Waals surface area contributed by atoms with Gasteiger partial charge < -0.3 is 0 Å². The Bertz CT molecular complexity index is 1070. The fourth-order valence-corrected chi connectivity index (χ4v) is 2.95. The van der Waals surface area contributed by atoms with Gasteiger partial charge >= 0.3 is 0 Å². The number of rotatable bonds is 5. The van der Waals surface area contributed by atoms with E-state index >= 15 is 0 Å². The minimum Gasteiger partial charge on any atom is -0.289 e. The average molecular weight is 449 g/mol. The van der Waals surface area contributed by atoms with Gasteiger partial charge in [0.15, 0.2) is 5.78 Å². The van der Waals surface area contributed by atoms with Crippen LogP contribution in [-0.4, -0.2) is 12.0 Å². The molecule has 3 aromatic carbocycles. The maximum absolute atomic E-state index is 12.3. The molecule has 0 aromatic heterocycles. The number of allylic oxidation sites excluding steroid dienone is 1. The minimum atomic E-state index is -0.119. The van der Waals surface area contributed by atoms with E-state index in [-0.39, 0.29) is 5.78 Å². The van der Waals surface area contributed by atoms with Crippen LogP contribution in [0.2, 0.25) is 20.1 Å². The molecule has 0 N–H and O–H groups in total. The summed E-state index contributed by atoms with van der Waals surface area (Å²) in [5, 5.41) is 1.89. The number of benzene rings is 3. The summed E-state index contributed by atoms with van der Waals surface area (Å²) in [5.41, 5.74) is 2.91. The summed E-state index contributed by atoms with van der Waals surface area (Å²) < 4.78 is 0. The molecular weight excluding hydrogens is 436 g/mol. The van der Waals surface area contributed by atoms with E-state index in [1.165, 1.54) is 6.08 Å². The molecule has 3 rings (SSSR count). The van der Waals surface area contributed by atoms with E-state index in [9.17, 15) is 4.79 Å². The molecular formula is C22H13Cl4NO. The highest BCUT2D eigenvalue weighted by atomic mass is 35.5. The van der Waals surface area contributed by atoms with Crippen molar-refractivity contribution in [3.8, 4) is 0 Å². The first-order valence-electron chi connectivity index (χ1n) is 8.19. The molecule has 0 unspecified atom stereocenters. The van der Waals surface area contributed by atoms with Gasteiger partial charge in [-0.3, -0.25) is 9.79 Å². The van der Waals surface area contributed by atoms with E-state index in [1.807, 2.05) is 6.07 Å². The van der Waals surface area contributed by atoms with Crippen molar-refractivity contribution in [1.29, 1.82) is 0 Å². The van der Waals surface area contributed by atoms with Crippen molar-refractivity contribution in [2.75, 3.05) is 0 Å². The Kier molecular flexibility index (Phi) is 6.93. The fraction of sp³-hybridized carbons (Fsp3) is 0. The molecule has 0 saturated heterocycles. The molecule has 0 radical (unpaired) electrons. The highest BCUT2D eigenvalue weighted by Crippen LogP contribution is 2.24. The molecule has 28 heavy (non-hydrogen) atoms. The van der Waals surface area contributed by atoms with Gasteiger partial charge in [-0.2, -0.15) is 0 Å². The molecule has 6 heteroatoms. The molecule has 0 aliphatic heterocycles. The standard InChI is InChI=1S/C22H13Cl4NO/c23-18-8-1-14(11-20(18)25)3-10-22(28)16-4-6-17(7-5-16)27-13-15-2-9-19(24)21(26)12-15/h1-13H. The Balaban J connectivity index is 1.68. The maximum Gasteiger partial charge on any atom is 0.185 e. The number of hydrogen-bond acceptors (Lipinski definition) is 2. The van der Waals surface area contributed by atoms with Crippen molar-refractivity contribution < 1.29 is 4.79 Å². The summed E-state index contributed by atoms with van der Waals surface area (Å²) in [4.78, 5) is 16.7. The van der Waals surface area contributed by atoms with Crippen LogP contribution in [0, 0.1) is 0 Å². The van der Waals surface area contributed by atoms with E-state index in [0.29, 0.717) is 25.7 Å². The van der Waals surface area contributed by atoms with Gasteiger partial charge in [0.2, 0.25) is 0 Å². The lowest BCUT2D eigenvalue weighted by Crippen LogP contribution is -1.93. The van der Waals surface area contributed by atoms with Crippen LogP contribution in [0.1, 0.15) is 21.5 Å². The molecule has 140 valence electrons. The number of nitrogens with zero attached hydrogens (tertiary/aromatic N) is 1. The summed E-state index contributed by atoms with van der Waals surface area (Å²) in [6.45, 7) is 0. The van der Waals surface area contributed by atoms with Gasteiger partial charge in [0.25, 0.3) is 0 Å². The Hall–Kier alpha value is -2.10. The number of hydrogen-bond donors (Lipinski definition) is 0. The Morgan fingerprint density at radius 1 is 0.714 bits per heavy atom. The van der Waals surface area contributed by atoms with Gasteiger partial charge in [0.1, 0.15) is 0 Å². The topological polar surface area (TPSA) is 29.4 Å². The zero-order valence-corrected chi connectivity index (χ0v) is 17.4. The van der Waals surface area contributed by atoms with Crippen LogP contribution < -0.4 is 0 Å². The second-order valence-electron chi connectivity index (χ2n) is 5.85. The normalized spacial score (nSPS) is 11.4. The Labute approximate surface area is 183 Å². The first kappa shape index (κ1) is 20.6. The van der Waals surface area contributed by atoms with E-state index in [1.54, 1.807) is 66.9 Å². The third-order valence-electron chi connectivity index (χ3n) is 3.83. The summed E-state index contributed by atoms with van der Waals surface area (Å²) in [6, 6.07) is 17.5. The molecule has 0 amide bonds. The molecule has 0 bridgehead atoms. The molecule has 0 aliphatic carbocycles. The van der Waals surface area contributed by atoms with Crippen LogP contribution in [-0.2, 0) is 0 Å². The van der Waals surface area contributed by atoms with E-state index in [2.05, 4.69) is 4.99 Å². The van der Waals surface area contributed by atoms with E-state index < -0.39 is 0 Å². The van der Waals surface area contributed by atoms with Crippen LogP contribution >= 0.6 is 46.4 Å². The van der Waals surface area contributed by atoms with Crippen LogP contribution in [0.25, 0.3) is 6.08 Å². The molecule has 0 saturated carbocycles. The second kappa shape index (κ2) is 9.40. The van der Waals surface area contributed by atoms with Crippen LogP contribution in [0.15, 0.2) is 71.7 Å². The molecule has 0 atom stereocenters. The predicted octanol–water partition coefficient (Wildman–Crippen LogP) is 7.95. The number of carbonyl (C=O) groups excluding carboxylic acids is 1. The van der Waals surface area contributed by atoms with Gasteiger partial charge in [-0.1, -0.05) is 64.6 Å². The summed E-state index contributed by atoms with van der Waals surface area (Å²) in [7, 11) is 0. The van der Waals surface area contributed by atoms with Crippen molar-refractivity contribution in [3.05, 3.63) is 104 Å². The second-order valence-corrected chi connectivity index (χ2v) is 7.48. The monoisotopic (exact) mass is 447 g/mol. The zero-order chi connectivity index (χ0) is 20.1. The molecule has 0 aliphatic rings. The van der Waals surface area contributed by atoms with E-state index in [0.717, 1.165) is 16.8 Å². The smallest absolute Gasteiger partial charge is 0.185 e. The first-order chi connectivity index (χ1) is 13.4. The van der Waals surface area contributed by atoms with Gasteiger partial charge in [-0.25, -0.2) is 0 Å². The summed E-state index contributed by atoms with van der Waals surface area (Å²) in [6.07, 6.45) is 4.87. The van der Waals surface area contributed by atoms with Gasteiger partial charge in [0, 0.05) is 11.8 Å². The summed E-state index contributed by atoms with van der Waals surface area (Å²) in [5.74, 6) is -0.119. The molecule has 3 aromatic rings. The van der Waals surface area contributed by atoms with Crippen LogP contribution in [0.3, 0.4) is 0 Å². The van der Waals surface area contributed by atoms with Crippen molar-refractivity contribution >= 4 is 70.2 Å². The number of carbonyl (C=O) groups is 1. The fourth-order valence-electron chi connectivity index (χ4n) is 2.34. The Morgan fingerprint density at radius 3 is 1.89 bits per heavy atom. The predicted molar refractivity (Wildman–Crippen MR) is 120 cm³/mol. The highest BCUT2D eigenvalue weighted by molar-refractivity contribution is 6.42.